The Morgan fingerprint density at radius 2 is 2.23 bits per heavy atom. The number of hydrogen-bond acceptors (Lipinski definition) is 3. The van der Waals surface area contributed by atoms with E-state index < -0.39 is 0 Å². The third-order valence-corrected chi connectivity index (χ3v) is 1.72. The van der Waals surface area contributed by atoms with E-state index in [4.69, 9.17) is 0 Å². The molecular formula is C9H12N2O2. The van der Waals surface area contributed by atoms with E-state index in [2.05, 4.69) is 5.32 Å². The first-order chi connectivity index (χ1) is 6.15. The minimum absolute atomic E-state index is 0.132. The summed E-state index contributed by atoms with van der Waals surface area (Å²) in [6.07, 6.45) is 0. The van der Waals surface area contributed by atoms with Gasteiger partial charge in [0.15, 0.2) is 0 Å². The highest BCUT2D eigenvalue weighted by Crippen LogP contribution is 2.24. The molecule has 0 atom stereocenters. The topological polar surface area (TPSA) is 55.2 Å². The van der Waals surface area contributed by atoms with Crippen LogP contribution in [0.3, 0.4) is 0 Å². The summed E-state index contributed by atoms with van der Waals surface area (Å²) < 4.78 is 0. The normalized spacial score (nSPS) is 9.69. The lowest BCUT2D eigenvalue weighted by Crippen LogP contribution is -2.01. The van der Waals surface area contributed by atoms with Crippen LogP contribution < -0.4 is 5.32 Å². The van der Waals surface area contributed by atoms with Crippen molar-refractivity contribution in [3.05, 3.63) is 33.9 Å². The molecule has 0 unspecified atom stereocenters. The molecule has 0 fully saturated rings. The van der Waals surface area contributed by atoms with E-state index >= 15 is 0 Å². The van der Waals surface area contributed by atoms with Gasteiger partial charge >= 0.3 is 0 Å². The molecule has 0 bridgehead atoms. The molecule has 0 saturated heterocycles. The van der Waals surface area contributed by atoms with E-state index in [0.717, 1.165) is 5.56 Å². The molecule has 0 aliphatic carbocycles. The summed E-state index contributed by atoms with van der Waals surface area (Å²) in [5, 5.41) is 13.5. The van der Waals surface area contributed by atoms with Crippen molar-refractivity contribution in [3.8, 4) is 0 Å². The van der Waals surface area contributed by atoms with Crippen molar-refractivity contribution in [1.29, 1.82) is 0 Å². The van der Waals surface area contributed by atoms with Crippen molar-refractivity contribution in [2.45, 2.75) is 13.8 Å². The predicted molar refractivity (Wildman–Crippen MR) is 52.0 cm³/mol. The number of aryl methyl sites for hydroxylation is 1. The van der Waals surface area contributed by atoms with Crippen LogP contribution in [-0.2, 0) is 0 Å². The minimum atomic E-state index is -0.378. The summed E-state index contributed by atoms with van der Waals surface area (Å²) in [4.78, 5) is 10.2. The molecule has 0 saturated carbocycles. The fourth-order valence-corrected chi connectivity index (χ4v) is 1.14. The maximum absolute atomic E-state index is 10.6. The molecule has 1 rings (SSSR count). The molecule has 0 amide bonds. The first-order valence-corrected chi connectivity index (χ1v) is 4.14. The van der Waals surface area contributed by atoms with Crippen LogP contribution >= 0.6 is 0 Å². The van der Waals surface area contributed by atoms with Gasteiger partial charge in [-0.2, -0.15) is 0 Å². The zero-order chi connectivity index (χ0) is 9.84. The van der Waals surface area contributed by atoms with Crippen molar-refractivity contribution >= 4 is 11.4 Å². The van der Waals surface area contributed by atoms with Crippen LogP contribution in [-0.4, -0.2) is 11.5 Å². The van der Waals surface area contributed by atoms with E-state index in [1.54, 1.807) is 12.1 Å². The predicted octanol–water partition coefficient (Wildman–Crippen LogP) is 2.34. The van der Waals surface area contributed by atoms with Crippen molar-refractivity contribution in [1.82, 2.24) is 0 Å². The Bertz CT molecular complexity index is 323. The Balaban J connectivity index is 3.10. The van der Waals surface area contributed by atoms with Gasteiger partial charge in [-0.1, -0.05) is 6.07 Å². The van der Waals surface area contributed by atoms with E-state index in [0.29, 0.717) is 12.2 Å². The van der Waals surface area contributed by atoms with Gasteiger partial charge in [0.05, 0.1) is 4.92 Å². The lowest BCUT2D eigenvalue weighted by Gasteiger charge is -2.04. The van der Waals surface area contributed by atoms with Gasteiger partial charge in [0, 0.05) is 12.6 Å². The average molecular weight is 180 g/mol. The second-order valence-corrected chi connectivity index (χ2v) is 2.81. The second kappa shape index (κ2) is 3.89. The highest BCUT2D eigenvalue weighted by atomic mass is 16.6. The Hall–Kier alpha value is -1.58. The molecule has 1 N–H and O–H groups in total. The number of rotatable bonds is 3. The van der Waals surface area contributed by atoms with E-state index in [1.165, 1.54) is 6.07 Å². The lowest BCUT2D eigenvalue weighted by atomic mass is 10.2. The summed E-state index contributed by atoms with van der Waals surface area (Å²) in [6, 6.07) is 5.04. The molecule has 1 aromatic carbocycles. The molecule has 1 aromatic rings. The molecule has 4 heteroatoms. The number of benzene rings is 1. The van der Waals surface area contributed by atoms with Gasteiger partial charge in [0.2, 0.25) is 0 Å². The first-order valence-electron chi connectivity index (χ1n) is 4.14. The second-order valence-electron chi connectivity index (χ2n) is 2.81. The Morgan fingerprint density at radius 3 is 2.77 bits per heavy atom. The van der Waals surface area contributed by atoms with Crippen molar-refractivity contribution in [3.63, 3.8) is 0 Å². The number of nitro benzene ring substituents is 1. The maximum atomic E-state index is 10.6. The number of anilines is 1. The number of nitrogens with one attached hydrogen (secondary N) is 1. The Kier molecular flexibility index (Phi) is 2.84. The SMILES string of the molecule is CCNc1cc(C)ccc1[N+](=O)[O-]. The van der Waals surface area contributed by atoms with Gasteiger partial charge < -0.3 is 5.32 Å². The fraction of sp³-hybridized carbons (Fsp3) is 0.333. The zero-order valence-corrected chi connectivity index (χ0v) is 7.70. The van der Waals surface area contributed by atoms with Gasteiger partial charge in [0.1, 0.15) is 5.69 Å². The van der Waals surface area contributed by atoms with E-state index in [9.17, 15) is 10.1 Å². The standard InChI is InChI=1S/C9H12N2O2/c1-3-10-8-6-7(2)4-5-9(8)11(12)13/h4-6,10H,3H2,1-2H3. The minimum Gasteiger partial charge on any atom is -0.380 e. The summed E-state index contributed by atoms with van der Waals surface area (Å²) in [7, 11) is 0. The maximum Gasteiger partial charge on any atom is 0.292 e. The average Bonchev–Trinajstić information content (AvgIpc) is 2.04. The molecule has 13 heavy (non-hydrogen) atoms. The van der Waals surface area contributed by atoms with Crippen LogP contribution in [0.1, 0.15) is 12.5 Å². The van der Waals surface area contributed by atoms with Crippen molar-refractivity contribution in [2.24, 2.45) is 0 Å². The number of hydrogen-bond donors (Lipinski definition) is 1. The molecular weight excluding hydrogens is 168 g/mol. The van der Waals surface area contributed by atoms with Crippen molar-refractivity contribution in [2.75, 3.05) is 11.9 Å². The van der Waals surface area contributed by atoms with Crippen LogP contribution in [0.25, 0.3) is 0 Å². The number of nitro groups is 1. The van der Waals surface area contributed by atoms with E-state index in [-0.39, 0.29) is 10.6 Å². The third kappa shape index (κ3) is 2.18. The van der Waals surface area contributed by atoms with Crippen LogP contribution in [0.4, 0.5) is 11.4 Å². The van der Waals surface area contributed by atoms with Gasteiger partial charge in [-0.25, -0.2) is 0 Å². The largest absolute Gasteiger partial charge is 0.380 e. The molecule has 0 aliphatic rings. The van der Waals surface area contributed by atoms with Gasteiger partial charge in [-0.05, 0) is 25.5 Å². The molecule has 0 heterocycles. The van der Waals surface area contributed by atoms with Gasteiger partial charge in [-0.3, -0.25) is 10.1 Å². The molecule has 70 valence electrons. The molecule has 0 aliphatic heterocycles. The molecule has 0 spiro atoms. The highest BCUT2D eigenvalue weighted by molar-refractivity contribution is 5.62. The lowest BCUT2D eigenvalue weighted by molar-refractivity contribution is -0.384. The number of nitrogens with zero attached hydrogens (tertiary/aromatic N) is 1. The van der Waals surface area contributed by atoms with Crippen LogP contribution in [0.5, 0.6) is 0 Å². The third-order valence-electron chi connectivity index (χ3n) is 1.72. The van der Waals surface area contributed by atoms with Crippen LogP contribution in [0.2, 0.25) is 0 Å². The quantitative estimate of drug-likeness (QED) is 0.573. The summed E-state index contributed by atoms with van der Waals surface area (Å²) in [5.41, 5.74) is 1.74. The highest BCUT2D eigenvalue weighted by Gasteiger charge is 2.11. The van der Waals surface area contributed by atoms with Crippen LogP contribution in [0.15, 0.2) is 18.2 Å². The monoisotopic (exact) mass is 180 g/mol. The smallest absolute Gasteiger partial charge is 0.292 e. The summed E-state index contributed by atoms with van der Waals surface area (Å²) >= 11 is 0. The molecule has 0 radical (unpaired) electrons. The van der Waals surface area contributed by atoms with Crippen LogP contribution in [0, 0.1) is 17.0 Å². The first kappa shape index (κ1) is 9.51. The fourth-order valence-electron chi connectivity index (χ4n) is 1.14. The van der Waals surface area contributed by atoms with Gasteiger partial charge in [0.25, 0.3) is 5.69 Å². The van der Waals surface area contributed by atoms with Crippen molar-refractivity contribution < 1.29 is 4.92 Å². The Morgan fingerprint density at radius 1 is 1.54 bits per heavy atom. The summed E-state index contributed by atoms with van der Waals surface area (Å²) in [6.45, 7) is 4.50. The molecule has 4 nitrogen and oxygen atoms in total. The van der Waals surface area contributed by atoms with E-state index in [1.807, 2.05) is 13.8 Å². The summed E-state index contributed by atoms with van der Waals surface area (Å²) in [5.74, 6) is 0. The Labute approximate surface area is 76.7 Å². The molecule has 0 aromatic heterocycles. The zero-order valence-electron chi connectivity index (χ0n) is 7.70. The van der Waals surface area contributed by atoms with Gasteiger partial charge in [-0.15, -0.1) is 0 Å².